The maximum atomic E-state index is 5.92. The first-order chi connectivity index (χ1) is 8.78. The lowest BCUT2D eigenvalue weighted by Gasteiger charge is -2.29. The largest absolute Gasteiger partial charge is 0.313 e. The summed E-state index contributed by atoms with van der Waals surface area (Å²) in [7, 11) is 0. The van der Waals surface area contributed by atoms with Gasteiger partial charge >= 0.3 is 0 Å². The van der Waals surface area contributed by atoms with Crippen LogP contribution in [-0.2, 0) is 6.54 Å². The molecule has 1 atom stereocenters. The molecule has 2 rings (SSSR count). The van der Waals surface area contributed by atoms with Crippen molar-refractivity contribution in [2.75, 3.05) is 19.6 Å². The zero-order valence-electron chi connectivity index (χ0n) is 11.0. The van der Waals surface area contributed by atoms with Gasteiger partial charge in [-0.05, 0) is 43.6 Å². The van der Waals surface area contributed by atoms with Crippen molar-refractivity contribution in [2.45, 2.75) is 38.8 Å². The van der Waals surface area contributed by atoms with E-state index in [-0.39, 0.29) is 0 Å². The van der Waals surface area contributed by atoms with Gasteiger partial charge in [0.2, 0.25) is 0 Å². The number of pyridine rings is 1. The molecule has 1 aromatic rings. The van der Waals surface area contributed by atoms with Gasteiger partial charge in [0.15, 0.2) is 0 Å². The van der Waals surface area contributed by atoms with E-state index in [9.17, 15) is 0 Å². The van der Waals surface area contributed by atoms with Gasteiger partial charge in [-0.1, -0.05) is 24.9 Å². The average Bonchev–Trinajstić information content (AvgIpc) is 2.39. The van der Waals surface area contributed by atoms with E-state index in [1.165, 1.54) is 31.4 Å². The molecule has 100 valence electrons. The van der Waals surface area contributed by atoms with Crippen LogP contribution < -0.4 is 5.32 Å². The van der Waals surface area contributed by atoms with E-state index in [1.807, 2.05) is 12.1 Å². The molecule has 1 aliphatic rings. The highest BCUT2D eigenvalue weighted by Crippen LogP contribution is 2.12. The zero-order chi connectivity index (χ0) is 12.8. The first kappa shape index (κ1) is 13.8. The molecular formula is C14H22ClN3. The van der Waals surface area contributed by atoms with E-state index < -0.39 is 0 Å². The summed E-state index contributed by atoms with van der Waals surface area (Å²) in [5, 5.41) is 4.18. The fraction of sp³-hybridized carbons (Fsp3) is 0.643. The minimum atomic E-state index is 0.583. The molecule has 18 heavy (non-hydrogen) atoms. The van der Waals surface area contributed by atoms with Crippen molar-refractivity contribution in [2.24, 2.45) is 0 Å². The minimum absolute atomic E-state index is 0.583. The van der Waals surface area contributed by atoms with Crippen LogP contribution in [0, 0.1) is 0 Å². The second-order valence-electron chi connectivity index (χ2n) is 4.96. The van der Waals surface area contributed by atoms with E-state index in [0.717, 1.165) is 19.6 Å². The van der Waals surface area contributed by atoms with E-state index in [1.54, 1.807) is 6.20 Å². The van der Waals surface area contributed by atoms with Gasteiger partial charge in [0.1, 0.15) is 5.15 Å². The molecule has 0 bridgehead atoms. The van der Waals surface area contributed by atoms with Crippen molar-refractivity contribution in [3.63, 3.8) is 0 Å². The first-order valence-electron chi connectivity index (χ1n) is 6.84. The molecule has 0 amide bonds. The monoisotopic (exact) mass is 267 g/mol. The van der Waals surface area contributed by atoms with Gasteiger partial charge in [0.25, 0.3) is 0 Å². The van der Waals surface area contributed by atoms with Crippen LogP contribution in [0.15, 0.2) is 18.3 Å². The first-order valence-corrected chi connectivity index (χ1v) is 7.22. The number of rotatable bonds is 5. The van der Waals surface area contributed by atoms with E-state index in [2.05, 4.69) is 22.1 Å². The highest BCUT2D eigenvalue weighted by molar-refractivity contribution is 6.29. The molecule has 2 heterocycles. The lowest BCUT2D eigenvalue weighted by molar-refractivity contribution is 0.226. The summed E-state index contributed by atoms with van der Waals surface area (Å²) in [6.07, 6.45) is 5.76. The molecule has 1 fully saturated rings. The van der Waals surface area contributed by atoms with Gasteiger partial charge in [-0.2, -0.15) is 0 Å². The number of piperidine rings is 1. The van der Waals surface area contributed by atoms with Crippen molar-refractivity contribution in [1.82, 2.24) is 15.2 Å². The highest BCUT2D eigenvalue weighted by Gasteiger charge is 2.15. The maximum absolute atomic E-state index is 5.92. The van der Waals surface area contributed by atoms with Gasteiger partial charge in [0, 0.05) is 25.3 Å². The van der Waals surface area contributed by atoms with Gasteiger partial charge in [-0.25, -0.2) is 4.98 Å². The van der Waals surface area contributed by atoms with Crippen molar-refractivity contribution in [1.29, 1.82) is 0 Å². The summed E-state index contributed by atoms with van der Waals surface area (Å²) < 4.78 is 0. The Morgan fingerprint density at radius 3 is 3.06 bits per heavy atom. The lowest BCUT2D eigenvalue weighted by Crippen LogP contribution is -2.43. The molecule has 0 saturated carbocycles. The summed E-state index contributed by atoms with van der Waals surface area (Å²) in [4.78, 5) is 6.49. The molecule has 3 nitrogen and oxygen atoms in total. The van der Waals surface area contributed by atoms with Crippen LogP contribution in [0.2, 0.25) is 5.15 Å². The number of halogens is 1. The van der Waals surface area contributed by atoms with Crippen LogP contribution in [0.4, 0.5) is 0 Å². The molecule has 1 saturated heterocycles. The average molecular weight is 268 g/mol. The Bertz CT molecular complexity index is 364. The normalized spacial score (nSPS) is 20.3. The standard InChI is InChI=1S/C14H22ClN3/c1-2-18(11-13-5-3-4-7-16-13)10-12-6-8-17-14(15)9-12/h6,8-9,13,16H,2-5,7,10-11H2,1H3. The van der Waals surface area contributed by atoms with Gasteiger partial charge in [-0.3, -0.25) is 4.90 Å². The predicted molar refractivity (Wildman–Crippen MR) is 75.8 cm³/mol. The zero-order valence-corrected chi connectivity index (χ0v) is 11.8. The number of aromatic nitrogens is 1. The van der Waals surface area contributed by atoms with E-state index in [4.69, 9.17) is 11.6 Å². The second-order valence-corrected chi connectivity index (χ2v) is 5.35. The Morgan fingerprint density at radius 2 is 2.39 bits per heavy atom. The summed E-state index contributed by atoms with van der Waals surface area (Å²) in [6.45, 7) is 6.53. The van der Waals surface area contributed by atoms with Crippen LogP contribution in [-0.4, -0.2) is 35.6 Å². The van der Waals surface area contributed by atoms with Crippen molar-refractivity contribution >= 4 is 11.6 Å². The van der Waals surface area contributed by atoms with Crippen molar-refractivity contribution in [3.05, 3.63) is 29.0 Å². The lowest BCUT2D eigenvalue weighted by atomic mass is 10.0. The van der Waals surface area contributed by atoms with E-state index in [0.29, 0.717) is 11.2 Å². The molecule has 1 aliphatic heterocycles. The highest BCUT2D eigenvalue weighted by atomic mass is 35.5. The maximum Gasteiger partial charge on any atom is 0.129 e. The smallest absolute Gasteiger partial charge is 0.129 e. The number of nitrogens with one attached hydrogen (secondary N) is 1. The molecule has 1 N–H and O–H groups in total. The molecule has 0 aromatic carbocycles. The predicted octanol–water partition coefficient (Wildman–Crippen LogP) is 2.70. The molecule has 4 heteroatoms. The summed E-state index contributed by atoms with van der Waals surface area (Å²) >= 11 is 5.92. The molecule has 1 aromatic heterocycles. The summed E-state index contributed by atoms with van der Waals surface area (Å²) in [6, 6.07) is 4.65. The molecule has 1 unspecified atom stereocenters. The quantitative estimate of drug-likeness (QED) is 0.832. The number of nitrogens with zero attached hydrogens (tertiary/aromatic N) is 2. The second kappa shape index (κ2) is 7.07. The molecule has 0 aliphatic carbocycles. The summed E-state index contributed by atoms with van der Waals surface area (Å²) in [5.74, 6) is 0. The third-order valence-corrected chi connectivity index (χ3v) is 3.74. The Labute approximate surface area is 115 Å². The minimum Gasteiger partial charge on any atom is -0.313 e. The number of likely N-dealkylation sites (N-methyl/N-ethyl adjacent to an activating group) is 1. The molecule has 0 spiro atoms. The molecular weight excluding hydrogens is 246 g/mol. The van der Waals surface area contributed by atoms with Gasteiger partial charge in [-0.15, -0.1) is 0 Å². The Kier molecular flexibility index (Phi) is 5.42. The fourth-order valence-corrected chi connectivity index (χ4v) is 2.69. The number of hydrogen-bond donors (Lipinski definition) is 1. The van der Waals surface area contributed by atoms with Crippen LogP contribution in [0.3, 0.4) is 0 Å². The SMILES string of the molecule is CCN(Cc1ccnc(Cl)c1)CC1CCCCN1. The fourth-order valence-electron chi connectivity index (χ4n) is 2.50. The Morgan fingerprint density at radius 1 is 1.50 bits per heavy atom. The van der Waals surface area contributed by atoms with Gasteiger partial charge < -0.3 is 5.32 Å². The van der Waals surface area contributed by atoms with Crippen molar-refractivity contribution < 1.29 is 0 Å². The third kappa shape index (κ3) is 4.23. The molecule has 0 radical (unpaired) electrons. The van der Waals surface area contributed by atoms with Gasteiger partial charge in [0.05, 0.1) is 0 Å². The Hall–Kier alpha value is -0.640. The van der Waals surface area contributed by atoms with Crippen molar-refractivity contribution in [3.8, 4) is 0 Å². The third-order valence-electron chi connectivity index (χ3n) is 3.54. The van der Waals surface area contributed by atoms with Crippen LogP contribution in [0.5, 0.6) is 0 Å². The van der Waals surface area contributed by atoms with Crippen LogP contribution >= 0.6 is 11.6 Å². The van der Waals surface area contributed by atoms with Crippen LogP contribution in [0.25, 0.3) is 0 Å². The topological polar surface area (TPSA) is 28.2 Å². The summed E-state index contributed by atoms with van der Waals surface area (Å²) in [5.41, 5.74) is 1.24. The Balaban J connectivity index is 1.88. The van der Waals surface area contributed by atoms with Crippen LogP contribution in [0.1, 0.15) is 31.7 Å². The van der Waals surface area contributed by atoms with E-state index >= 15 is 0 Å². The number of hydrogen-bond acceptors (Lipinski definition) is 3.